The molecule has 0 fully saturated rings. The van der Waals surface area contributed by atoms with E-state index < -0.39 is 18.5 Å². The van der Waals surface area contributed by atoms with E-state index in [1.807, 2.05) is 6.07 Å². The summed E-state index contributed by atoms with van der Waals surface area (Å²) in [7, 11) is 3.12. The molecule has 0 unspecified atom stereocenters. The van der Waals surface area contributed by atoms with Crippen LogP contribution in [0.1, 0.15) is 18.1 Å². The predicted octanol–water partition coefficient (Wildman–Crippen LogP) is 2.27. The number of nitrogens with zero attached hydrogens (tertiary/aromatic N) is 2. The summed E-state index contributed by atoms with van der Waals surface area (Å²) in [5.41, 5.74) is 1.19. The third-order valence-electron chi connectivity index (χ3n) is 3.23. The van der Waals surface area contributed by atoms with E-state index in [-0.39, 0.29) is 5.57 Å². The van der Waals surface area contributed by atoms with Gasteiger partial charge in [0.1, 0.15) is 11.6 Å². The number of aliphatic carboxylic acids is 1. The van der Waals surface area contributed by atoms with Gasteiger partial charge in [0.25, 0.3) is 5.91 Å². The Bertz CT molecular complexity index is 760. The van der Waals surface area contributed by atoms with E-state index in [4.69, 9.17) is 14.6 Å². The van der Waals surface area contributed by atoms with E-state index in [1.54, 1.807) is 39.2 Å². The Kier molecular flexibility index (Phi) is 7.90. The van der Waals surface area contributed by atoms with E-state index in [1.165, 1.54) is 11.0 Å². The molecule has 7 heteroatoms. The van der Waals surface area contributed by atoms with Gasteiger partial charge in [-0.05, 0) is 37.1 Å². The Hall–Kier alpha value is -3.27. The molecule has 0 aliphatic carbocycles. The number of amides is 1. The lowest BCUT2D eigenvalue weighted by atomic mass is 10.0. The number of allylic oxidation sites excluding steroid dienone is 1. The van der Waals surface area contributed by atoms with Gasteiger partial charge in [0, 0.05) is 19.7 Å². The number of likely N-dealkylation sites (N-methyl/N-ethyl adjacent to an activating group) is 1. The molecule has 7 nitrogen and oxygen atoms in total. The van der Waals surface area contributed by atoms with Gasteiger partial charge in [0.15, 0.2) is 18.1 Å². The summed E-state index contributed by atoms with van der Waals surface area (Å²) in [4.78, 5) is 24.2. The van der Waals surface area contributed by atoms with Crippen molar-refractivity contribution in [1.29, 1.82) is 5.26 Å². The van der Waals surface area contributed by atoms with Crippen LogP contribution in [-0.4, -0.2) is 49.2 Å². The zero-order valence-electron chi connectivity index (χ0n) is 15.1. The van der Waals surface area contributed by atoms with Crippen LogP contribution in [0.2, 0.25) is 0 Å². The molecule has 0 saturated carbocycles. The largest absolute Gasteiger partial charge is 0.490 e. The third kappa shape index (κ3) is 5.67. The molecule has 0 heterocycles. The van der Waals surface area contributed by atoms with Crippen LogP contribution >= 0.6 is 0 Å². The standard InChI is InChI=1S/C19H22N2O5/c1-5-7-14-8-13(9-15(11-20)19(24)21(3)4)10-16(25-6-2)18(14)26-12-17(22)23/h5,8-10H,1,6-7,12H2,2-4H3,(H,22,23)/b15-9-. The van der Waals surface area contributed by atoms with Crippen LogP contribution in [-0.2, 0) is 16.0 Å². The second kappa shape index (κ2) is 9.89. The zero-order chi connectivity index (χ0) is 19.7. The second-order valence-corrected chi connectivity index (χ2v) is 5.48. The Labute approximate surface area is 152 Å². The van der Waals surface area contributed by atoms with Crippen molar-refractivity contribution in [2.24, 2.45) is 0 Å². The van der Waals surface area contributed by atoms with Crippen molar-refractivity contribution in [3.8, 4) is 17.6 Å². The van der Waals surface area contributed by atoms with Crippen molar-refractivity contribution in [2.75, 3.05) is 27.3 Å². The van der Waals surface area contributed by atoms with E-state index in [2.05, 4.69) is 6.58 Å². The van der Waals surface area contributed by atoms with Crippen molar-refractivity contribution in [3.05, 3.63) is 41.5 Å². The Morgan fingerprint density at radius 1 is 1.35 bits per heavy atom. The minimum atomic E-state index is -1.11. The number of rotatable bonds is 9. The first kappa shape index (κ1) is 20.8. The van der Waals surface area contributed by atoms with Crippen molar-refractivity contribution in [1.82, 2.24) is 4.90 Å². The van der Waals surface area contributed by atoms with E-state index in [9.17, 15) is 14.9 Å². The minimum Gasteiger partial charge on any atom is -0.490 e. The minimum absolute atomic E-state index is 0.0267. The number of hydrogen-bond acceptors (Lipinski definition) is 5. The lowest BCUT2D eigenvalue weighted by molar-refractivity contribution is -0.139. The molecule has 1 N–H and O–H groups in total. The SMILES string of the molecule is C=CCc1cc(/C=C(/C#N)C(=O)N(C)C)cc(OCC)c1OCC(=O)O. The first-order valence-electron chi connectivity index (χ1n) is 7.92. The van der Waals surface area contributed by atoms with Crippen molar-refractivity contribution in [3.63, 3.8) is 0 Å². The van der Waals surface area contributed by atoms with E-state index in [0.717, 1.165) is 0 Å². The highest BCUT2D eigenvalue weighted by Gasteiger charge is 2.16. The third-order valence-corrected chi connectivity index (χ3v) is 3.23. The molecule has 0 atom stereocenters. The van der Waals surface area contributed by atoms with Crippen LogP contribution in [0.3, 0.4) is 0 Å². The maximum atomic E-state index is 12.0. The van der Waals surface area contributed by atoms with Gasteiger partial charge >= 0.3 is 5.97 Å². The first-order valence-corrected chi connectivity index (χ1v) is 7.92. The smallest absolute Gasteiger partial charge is 0.341 e. The van der Waals surface area contributed by atoms with Crippen LogP contribution in [0.25, 0.3) is 6.08 Å². The van der Waals surface area contributed by atoms with Crippen LogP contribution in [0.5, 0.6) is 11.5 Å². The fraction of sp³-hybridized carbons (Fsp3) is 0.316. The molecular formula is C19H22N2O5. The molecule has 1 amide bonds. The summed E-state index contributed by atoms with van der Waals surface area (Å²) < 4.78 is 10.9. The number of carbonyl (C=O) groups excluding carboxylic acids is 1. The molecule has 0 radical (unpaired) electrons. The quantitative estimate of drug-likeness (QED) is 0.413. The normalized spacial score (nSPS) is 10.6. The first-order chi connectivity index (χ1) is 12.3. The highest BCUT2D eigenvalue weighted by molar-refractivity contribution is 6.01. The van der Waals surface area contributed by atoms with Gasteiger partial charge in [-0.15, -0.1) is 6.58 Å². The number of hydrogen-bond donors (Lipinski definition) is 1. The summed E-state index contributed by atoms with van der Waals surface area (Å²) in [6.07, 6.45) is 3.50. The average Bonchev–Trinajstić information content (AvgIpc) is 2.58. The monoisotopic (exact) mass is 358 g/mol. The maximum Gasteiger partial charge on any atom is 0.341 e. The molecule has 138 valence electrons. The molecule has 0 aliphatic heterocycles. The summed E-state index contributed by atoms with van der Waals surface area (Å²) in [6.45, 7) is 5.30. The summed E-state index contributed by atoms with van der Waals surface area (Å²) in [5, 5.41) is 18.1. The molecule has 0 aliphatic rings. The molecule has 0 saturated heterocycles. The number of nitriles is 1. The number of carbonyl (C=O) groups is 2. The number of carboxylic acids is 1. The van der Waals surface area contributed by atoms with Crippen LogP contribution in [0.15, 0.2) is 30.4 Å². The molecular weight excluding hydrogens is 336 g/mol. The van der Waals surface area contributed by atoms with Gasteiger partial charge in [-0.1, -0.05) is 6.08 Å². The van der Waals surface area contributed by atoms with Crippen LogP contribution in [0.4, 0.5) is 0 Å². The Morgan fingerprint density at radius 2 is 2.04 bits per heavy atom. The fourth-order valence-corrected chi connectivity index (χ4v) is 2.18. The fourth-order valence-electron chi connectivity index (χ4n) is 2.18. The predicted molar refractivity (Wildman–Crippen MR) is 96.9 cm³/mol. The van der Waals surface area contributed by atoms with Gasteiger partial charge in [0.05, 0.1) is 6.61 Å². The van der Waals surface area contributed by atoms with Crippen molar-refractivity contribution < 1.29 is 24.2 Å². The van der Waals surface area contributed by atoms with Gasteiger partial charge in [-0.3, -0.25) is 4.79 Å². The van der Waals surface area contributed by atoms with Crippen molar-refractivity contribution >= 4 is 18.0 Å². The molecule has 0 bridgehead atoms. The lowest BCUT2D eigenvalue weighted by Gasteiger charge is -2.16. The van der Waals surface area contributed by atoms with E-state index >= 15 is 0 Å². The molecule has 0 spiro atoms. The second-order valence-electron chi connectivity index (χ2n) is 5.48. The highest BCUT2D eigenvalue weighted by atomic mass is 16.5. The molecule has 1 aromatic rings. The summed E-state index contributed by atoms with van der Waals surface area (Å²) in [5.74, 6) is -0.871. The maximum absolute atomic E-state index is 12.0. The van der Waals surface area contributed by atoms with Gasteiger partial charge in [-0.25, -0.2) is 4.79 Å². The van der Waals surface area contributed by atoms with Crippen molar-refractivity contribution in [2.45, 2.75) is 13.3 Å². The van der Waals surface area contributed by atoms with Gasteiger partial charge < -0.3 is 19.5 Å². The average molecular weight is 358 g/mol. The molecule has 1 rings (SSSR count). The van der Waals surface area contributed by atoms with Crippen LogP contribution in [0, 0.1) is 11.3 Å². The number of benzene rings is 1. The molecule has 26 heavy (non-hydrogen) atoms. The molecule has 1 aromatic carbocycles. The summed E-state index contributed by atoms with van der Waals surface area (Å²) >= 11 is 0. The zero-order valence-corrected chi connectivity index (χ0v) is 15.1. The van der Waals surface area contributed by atoms with Gasteiger partial charge in [0.2, 0.25) is 0 Å². The number of ether oxygens (including phenoxy) is 2. The summed E-state index contributed by atoms with van der Waals surface area (Å²) in [6, 6.07) is 5.20. The van der Waals surface area contributed by atoms with Gasteiger partial charge in [-0.2, -0.15) is 5.26 Å². The lowest BCUT2D eigenvalue weighted by Crippen LogP contribution is -2.22. The molecule has 0 aromatic heterocycles. The van der Waals surface area contributed by atoms with E-state index in [0.29, 0.717) is 35.7 Å². The topological polar surface area (TPSA) is 99.9 Å². The Morgan fingerprint density at radius 3 is 2.54 bits per heavy atom. The Balaban J connectivity index is 3.46. The number of carboxylic acid groups (broad SMARTS) is 1. The highest BCUT2D eigenvalue weighted by Crippen LogP contribution is 2.34. The van der Waals surface area contributed by atoms with Crippen LogP contribution < -0.4 is 9.47 Å².